The predicted octanol–water partition coefficient (Wildman–Crippen LogP) is 5.80. The van der Waals surface area contributed by atoms with E-state index in [1.807, 2.05) is 35.2 Å². The van der Waals surface area contributed by atoms with Crippen LogP contribution in [0.3, 0.4) is 0 Å². The molecule has 2 unspecified atom stereocenters. The van der Waals surface area contributed by atoms with Gasteiger partial charge in [0, 0.05) is 56.0 Å². The predicted molar refractivity (Wildman–Crippen MR) is 196 cm³/mol. The van der Waals surface area contributed by atoms with Crippen LogP contribution in [0.5, 0.6) is 11.8 Å². The summed E-state index contributed by atoms with van der Waals surface area (Å²) >= 11 is 13.6. The van der Waals surface area contributed by atoms with Crippen LogP contribution in [0.4, 0.5) is 5.82 Å². The number of amides is 2. The monoisotopic (exact) mass is 744 g/mol. The van der Waals surface area contributed by atoms with Crippen LogP contribution in [0.25, 0.3) is 11.1 Å². The highest BCUT2D eigenvalue weighted by molar-refractivity contribution is 6.37. The van der Waals surface area contributed by atoms with Gasteiger partial charge in [-0.15, -0.1) is 0 Å². The lowest BCUT2D eigenvalue weighted by molar-refractivity contribution is -0.148. The maximum atomic E-state index is 13.4. The molecule has 4 N–H and O–H groups in total. The number of rotatable bonds is 13. The average Bonchev–Trinajstić information content (AvgIpc) is 3.73. The number of carboxylic acid groups (broad SMARTS) is 1. The quantitative estimate of drug-likeness (QED) is 0.132. The van der Waals surface area contributed by atoms with E-state index >= 15 is 0 Å². The molecule has 12 nitrogen and oxygen atoms in total. The Morgan fingerprint density at radius 3 is 2.58 bits per heavy atom. The second-order valence-electron chi connectivity index (χ2n) is 13.2. The molecule has 52 heavy (non-hydrogen) atoms. The molecule has 2 aliphatic heterocycles. The SMILES string of the molecule is COc1nc(O[C@H]2CCc3c(-c4cccc(C(=O)Nc5ccc(CN6CCC6C(=O)O)cn5)c4Cl)cccc32)c(Cl)cc1CNCC1CCC(=O)N1. The molecule has 2 aromatic carbocycles. The van der Waals surface area contributed by atoms with E-state index in [0.717, 1.165) is 52.8 Å². The summed E-state index contributed by atoms with van der Waals surface area (Å²) in [6, 6.07) is 16.3. The van der Waals surface area contributed by atoms with Gasteiger partial charge in [-0.3, -0.25) is 19.3 Å². The summed E-state index contributed by atoms with van der Waals surface area (Å²) in [6.45, 7) is 2.30. The van der Waals surface area contributed by atoms with Crippen molar-refractivity contribution < 1.29 is 29.0 Å². The lowest BCUT2D eigenvalue weighted by atomic mass is 9.95. The van der Waals surface area contributed by atoms with E-state index in [9.17, 15) is 19.5 Å². The number of nitrogens with zero attached hydrogens (tertiary/aromatic N) is 3. The number of fused-ring (bicyclic) bond motifs is 1. The van der Waals surface area contributed by atoms with Gasteiger partial charge in [0.25, 0.3) is 5.91 Å². The zero-order valence-corrected chi connectivity index (χ0v) is 30.0. The molecular formula is C38H38Cl2N6O6. The van der Waals surface area contributed by atoms with Crippen molar-refractivity contribution >= 4 is 46.8 Å². The maximum absolute atomic E-state index is 13.4. The van der Waals surface area contributed by atoms with Gasteiger partial charge in [-0.25, -0.2) is 4.98 Å². The summed E-state index contributed by atoms with van der Waals surface area (Å²) in [5.74, 6) is -0.0979. The van der Waals surface area contributed by atoms with E-state index in [4.69, 9.17) is 32.7 Å². The Kier molecular flexibility index (Phi) is 10.6. The Labute approximate surface area is 310 Å². The number of carboxylic acids is 1. The van der Waals surface area contributed by atoms with Crippen LogP contribution in [-0.4, -0.2) is 70.0 Å². The van der Waals surface area contributed by atoms with E-state index < -0.39 is 17.9 Å². The number of hydrogen-bond donors (Lipinski definition) is 4. The lowest BCUT2D eigenvalue weighted by Gasteiger charge is -2.37. The van der Waals surface area contributed by atoms with Crippen molar-refractivity contribution in [2.24, 2.45) is 0 Å². The third-order valence-electron chi connectivity index (χ3n) is 9.84. The molecule has 1 aliphatic carbocycles. The highest BCUT2D eigenvalue weighted by Crippen LogP contribution is 2.43. The zero-order valence-electron chi connectivity index (χ0n) is 28.5. The number of carbonyl (C=O) groups excluding carboxylic acids is 2. The van der Waals surface area contributed by atoms with E-state index in [-0.39, 0.29) is 23.9 Å². The van der Waals surface area contributed by atoms with Crippen LogP contribution in [-0.2, 0) is 29.1 Å². The first kappa shape index (κ1) is 35.6. The number of methoxy groups -OCH3 is 1. The van der Waals surface area contributed by atoms with E-state index in [2.05, 4.69) is 25.9 Å². The summed E-state index contributed by atoms with van der Waals surface area (Å²) in [6.07, 6.45) is 4.73. The third-order valence-corrected chi connectivity index (χ3v) is 10.5. The highest BCUT2D eigenvalue weighted by atomic mass is 35.5. The number of likely N-dealkylation sites (tertiary alicyclic amines) is 1. The first-order valence-corrected chi connectivity index (χ1v) is 18.0. The Bertz CT molecular complexity index is 2010. The molecule has 7 rings (SSSR count). The number of ether oxygens (including phenoxy) is 2. The summed E-state index contributed by atoms with van der Waals surface area (Å²) in [7, 11) is 1.55. The van der Waals surface area contributed by atoms with Crippen LogP contribution < -0.4 is 25.4 Å². The van der Waals surface area contributed by atoms with Crippen molar-refractivity contribution in [3.63, 3.8) is 0 Å². The van der Waals surface area contributed by atoms with Gasteiger partial charge in [0.1, 0.15) is 23.0 Å². The number of benzene rings is 2. The summed E-state index contributed by atoms with van der Waals surface area (Å²) in [4.78, 5) is 47.1. The van der Waals surface area contributed by atoms with Gasteiger partial charge in [0.15, 0.2) is 0 Å². The van der Waals surface area contributed by atoms with Gasteiger partial charge in [0.2, 0.25) is 17.7 Å². The lowest BCUT2D eigenvalue weighted by Crippen LogP contribution is -2.51. The normalized spacial score (nSPS) is 19.4. The fourth-order valence-corrected chi connectivity index (χ4v) is 7.58. The van der Waals surface area contributed by atoms with Crippen molar-refractivity contribution in [2.45, 2.75) is 63.4 Å². The molecule has 0 saturated carbocycles. The molecule has 3 atom stereocenters. The van der Waals surface area contributed by atoms with E-state index in [0.29, 0.717) is 66.2 Å². The van der Waals surface area contributed by atoms with Crippen LogP contribution >= 0.6 is 23.2 Å². The number of anilines is 1. The molecule has 2 aromatic heterocycles. The number of hydrogen-bond acceptors (Lipinski definition) is 9. The number of carbonyl (C=O) groups is 3. The van der Waals surface area contributed by atoms with Crippen LogP contribution in [0, 0.1) is 0 Å². The largest absolute Gasteiger partial charge is 0.481 e. The molecule has 4 heterocycles. The van der Waals surface area contributed by atoms with Crippen LogP contribution in [0.2, 0.25) is 10.0 Å². The second-order valence-corrected chi connectivity index (χ2v) is 14.0. The van der Waals surface area contributed by atoms with Gasteiger partial charge in [-0.1, -0.05) is 59.6 Å². The molecule has 0 bridgehead atoms. The summed E-state index contributed by atoms with van der Waals surface area (Å²) in [5, 5.41) is 19.1. The van der Waals surface area contributed by atoms with Crippen molar-refractivity contribution in [3.05, 3.63) is 98.7 Å². The number of aromatic nitrogens is 2. The minimum atomic E-state index is -0.820. The first-order chi connectivity index (χ1) is 25.2. The minimum Gasteiger partial charge on any atom is -0.481 e. The van der Waals surface area contributed by atoms with Crippen LogP contribution in [0.15, 0.2) is 60.8 Å². The molecule has 2 saturated heterocycles. The number of pyridine rings is 2. The minimum absolute atomic E-state index is 0.0748. The fraction of sp³-hybridized carbons (Fsp3) is 0.342. The smallest absolute Gasteiger partial charge is 0.320 e. The van der Waals surface area contributed by atoms with Crippen LogP contribution in [0.1, 0.15) is 64.4 Å². The summed E-state index contributed by atoms with van der Waals surface area (Å²) in [5.41, 5.74) is 5.64. The molecule has 2 amide bonds. The summed E-state index contributed by atoms with van der Waals surface area (Å²) < 4.78 is 12.0. The van der Waals surface area contributed by atoms with E-state index in [1.54, 1.807) is 37.6 Å². The highest BCUT2D eigenvalue weighted by Gasteiger charge is 2.34. The number of nitrogens with one attached hydrogen (secondary N) is 3. The molecule has 0 spiro atoms. The van der Waals surface area contributed by atoms with Gasteiger partial charge < -0.3 is 30.5 Å². The van der Waals surface area contributed by atoms with Crippen molar-refractivity contribution in [3.8, 4) is 22.9 Å². The third kappa shape index (κ3) is 7.56. The standard InChI is InChI=1S/C38H38Cl2N6O6/c1-51-36-22(18-41-19-23-9-13-33(47)43-23)16-29(39)37(45-36)52-31-11-10-25-24(4-2-5-26(25)31)27-6-3-7-28(34(27)40)35(48)44-32-12-8-21(17-42-32)20-46-15-14-30(46)38(49)50/h2-8,12,16-17,23,30-31,41H,9-11,13-15,18-20H2,1H3,(H,43,47)(H,49,50)(H,42,44,48)/t23?,30?,31-/m0/s1. The number of aliphatic carboxylic acids is 1. The molecule has 4 aromatic rings. The Morgan fingerprint density at radius 1 is 1.04 bits per heavy atom. The molecular weight excluding hydrogens is 707 g/mol. The Balaban J connectivity index is 1.03. The Hall–Kier alpha value is -4.75. The second kappa shape index (κ2) is 15.5. The molecule has 2 fully saturated rings. The van der Waals surface area contributed by atoms with Gasteiger partial charge in [-0.05, 0) is 66.1 Å². The topological polar surface area (TPSA) is 155 Å². The van der Waals surface area contributed by atoms with E-state index in [1.165, 1.54) is 0 Å². The van der Waals surface area contributed by atoms with Crippen molar-refractivity contribution in [2.75, 3.05) is 25.5 Å². The molecule has 270 valence electrons. The number of halogens is 2. The van der Waals surface area contributed by atoms with Crippen molar-refractivity contribution in [1.82, 2.24) is 25.5 Å². The first-order valence-electron chi connectivity index (χ1n) is 17.2. The maximum Gasteiger partial charge on any atom is 0.320 e. The van der Waals surface area contributed by atoms with Crippen molar-refractivity contribution in [1.29, 1.82) is 0 Å². The Morgan fingerprint density at radius 2 is 1.87 bits per heavy atom. The van der Waals surface area contributed by atoms with Gasteiger partial charge in [0.05, 0.1) is 17.7 Å². The molecule has 3 aliphatic rings. The molecule has 14 heteroatoms. The molecule has 0 radical (unpaired) electrons. The van der Waals surface area contributed by atoms with Gasteiger partial charge in [-0.2, -0.15) is 4.98 Å². The van der Waals surface area contributed by atoms with Gasteiger partial charge >= 0.3 is 5.97 Å². The zero-order chi connectivity index (χ0) is 36.4. The average molecular weight is 746 g/mol. The fourth-order valence-electron chi connectivity index (χ4n) is 7.05.